The van der Waals surface area contributed by atoms with Crippen LogP contribution in [0, 0.1) is 5.92 Å². The number of hydrogen-bond donors (Lipinski definition) is 0. The van der Waals surface area contributed by atoms with E-state index < -0.39 is 0 Å². The van der Waals surface area contributed by atoms with E-state index in [1.807, 2.05) is 0 Å². The molecule has 0 amide bonds. The van der Waals surface area contributed by atoms with Crippen molar-refractivity contribution in [3.8, 4) is 0 Å². The molecule has 0 saturated carbocycles. The Morgan fingerprint density at radius 1 is 1.47 bits per heavy atom. The Balaban J connectivity index is 2.00. The minimum atomic E-state index is 0.681. The molecule has 3 nitrogen and oxygen atoms in total. The van der Waals surface area contributed by atoms with Crippen LogP contribution < -0.4 is 0 Å². The van der Waals surface area contributed by atoms with Gasteiger partial charge < -0.3 is 0 Å². The van der Waals surface area contributed by atoms with Crippen molar-refractivity contribution in [1.82, 2.24) is 14.7 Å². The third-order valence-corrected chi connectivity index (χ3v) is 3.99. The molecule has 4 heteroatoms. The summed E-state index contributed by atoms with van der Waals surface area (Å²) >= 11 is 5.92. The predicted molar refractivity (Wildman–Crippen MR) is 71.4 cm³/mol. The molecule has 1 atom stereocenters. The second-order valence-electron chi connectivity index (χ2n) is 4.84. The van der Waals surface area contributed by atoms with E-state index in [0.717, 1.165) is 31.9 Å². The van der Waals surface area contributed by atoms with Crippen molar-refractivity contribution in [3.05, 3.63) is 17.5 Å². The van der Waals surface area contributed by atoms with Crippen molar-refractivity contribution in [1.29, 1.82) is 0 Å². The van der Waals surface area contributed by atoms with Gasteiger partial charge in [-0.25, -0.2) is 0 Å². The highest BCUT2D eigenvalue weighted by Gasteiger charge is 2.22. The third kappa shape index (κ3) is 3.02. The lowest BCUT2D eigenvalue weighted by Crippen LogP contribution is -2.22. The van der Waals surface area contributed by atoms with E-state index in [4.69, 9.17) is 11.6 Å². The lowest BCUT2D eigenvalue weighted by atomic mass is 10.2. The maximum absolute atomic E-state index is 5.92. The highest BCUT2D eigenvalue weighted by atomic mass is 35.5. The maximum Gasteiger partial charge on any atom is 0.0625 e. The molecular formula is C13H22ClN3. The zero-order valence-corrected chi connectivity index (χ0v) is 11.6. The first-order valence-corrected chi connectivity index (χ1v) is 7.14. The minimum absolute atomic E-state index is 0.681. The number of aryl methyl sites for hydroxylation is 2. The Morgan fingerprint density at radius 3 is 2.88 bits per heavy atom. The molecule has 1 fully saturated rings. The summed E-state index contributed by atoms with van der Waals surface area (Å²) in [6.07, 6.45) is 2.26. The summed E-state index contributed by atoms with van der Waals surface area (Å²) in [6.45, 7) is 8.61. The molecule has 1 unspecified atom stereocenters. The van der Waals surface area contributed by atoms with E-state index in [2.05, 4.69) is 34.6 Å². The summed E-state index contributed by atoms with van der Waals surface area (Å²) in [5.74, 6) is 1.48. The van der Waals surface area contributed by atoms with Gasteiger partial charge in [-0.3, -0.25) is 9.58 Å². The third-order valence-electron chi connectivity index (χ3n) is 3.55. The summed E-state index contributed by atoms with van der Waals surface area (Å²) in [5, 5.41) is 4.59. The molecule has 0 aromatic carbocycles. The SMILES string of the molecule is CCc1cc(CN2CCC(CCl)C2)n(CC)n1. The van der Waals surface area contributed by atoms with E-state index in [9.17, 15) is 0 Å². The number of nitrogens with zero attached hydrogens (tertiary/aromatic N) is 3. The summed E-state index contributed by atoms with van der Waals surface area (Å²) in [6, 6.07) is 2.25. The molecule has 0 N–H and O–H groups in total. The molecular weight excluding hydrogens is 234 g/mol. The van der Waals surface area contributed by atoms with Gasteiger partial charge in [0.15, 0.2) is 0 Å². The first-order chi connectivity index (χ1) is 8.26. The van der Waals surface area contributed by atoms with Gasteiger partial charge in [0, 0.05) is 25.5 Å². The van der Waals surface area contributed by atoms with Crippen molar-refractivity contribution in [2.45, 2.75) is 39.8 Å². The van der Waals surface area contributed by atoms with Crippen molar-refractivity contribution in [3.63, 3.8) is 0 Å². The lowest BCUT2D eigenvalue weighted by molar-refractivity contribution is 0.309. The van der Waals surface area contributed by atoms with Crippen molar-refractivity contribution in [2.24, 2.45) is 5.92 Å². The topological polar surface area (TPSA) is 21.1 Å². The van der Waals surface area contributed by atoms with E-state index in [-0.39, 0.29) is 0 Å². The van der Waals surface area contributed by atoms with Gasteiger partial charge in [-0.05, 0) is 38.3 Å². The molecule has 0 aliphatic carbocycles. The Kier molecular flexibility index (Phi) is 4.46. The lowest BCUT2D eigenvalue weighted by Gasteiger charge is -2.15. The number of likely N-dealkylation sites (tertiary alicyclic amines) is 1. The van der Waals surface area contributed by atoms with E-state index in [0.29, 0.717) is 5.92 Å². The maximum atomic E-state index is 5.92. The van der Waals surface area contributed by atoms with Crippen LogP contribution in [0.3, 0.4) is 0 Å². The summed E-state index contributed by atoms with van der Waals surface area (Å²) < 4.78 is 2.13. The van der Waals surface area contributed by atoms with Gasteiger partial charge in [0.1, 0.15) is 0 Å². The number of halogens is 1. The average molecular weight is 256 g/mol. The molecule has 2 rings (SSSR count). The van der Waals surface area contributed by atoms with E-state index >= 15 is 0 Å². The van der Waals surface area contributed by atoms with Crippen LogP contribution in [0.4, 0.5) is 0 Å². The molecule has 0 bridgehead atoms. The van der Waals surface area contributed by atoms with Gasteiger partial charge in [-0.15, -0.1) is 11.6 Å². The fraction of sp³-hybridized carbons (Fsp3) is 0.769. The molecule has 1 aliphatic rings. The van der Waals surface area contributed by atoms with Gasteiger partial charge in [-0.1, -0.05) is 6.92 Å². The number of aromatic nitrogens is 2. The fourth-order valence-electron chi connectivity index (χ4n) is 2.50. The Hall–Kier alpha value is -0.540. The van der Waals surface area contributed by atoms with Crippen LogP contribution in [0.15, 0.2) is 6.07 Å². The van der Waals surface area contributed by atoms with Gasteiger partial charge in [0.05, 0.1) is 11.4 Å². The van der Waals surface area contributed by atoms with Crippen LogP contribution in [-0.4, -0.2) is 33.6 Å². The number of rotatable bonds is 5. The molecule has 0 spiro atoms. The van der Waals surface area contributed by atoms with Crippen LogP contribution in [0.2, 0.25) is 0 Å². The van der Waals surface area contributed by atoms with Gasteiger partial charge in [-0.2, -0.15) is 5.10 Å². The quantitative estimate of drug-likeness (QED) is 0.754. The summed E-state index contributed by atoms with van der Waals surface area (Å²) in [4.78, 5) is 2.50. The smallest absolute Gasteiger partial charge is 0.0625 e. The molecule has 1 aromatic heterocycles. The summed E-state index contributed by atoms with van der Waals surface area (Å²) in [7, 11) is 0. The standard InChI is InChI=1S/C13H22ClN3/c1-3-12-7-13(17(4-2)15-12)10-16-6-5-11(8-14)9-16/h7,11H,3-6,8-10H2,1-2H3. The number of hydrogen-bond acceptors (Lipinski definition) is 2. The van der Waals surface area contributed by atoms with Crippen molar-refractivity contribution in [2.75, 3.05) is 19.0 Å². The average Bonchev–Trinajstić information content (AvgIpc) is 2.95. The zero-order valence-electron chi connectivity index (χ0n) is 10.8. The predicted octanol–water partition coefficient (Wildman–Crippen LogP) is 2.53. The fourth-order valence-corrected chi connectivity index (χ4v) is 2.75. The van der Waals surface area contributed by atoms with Crippen LogP contribution >= 0.6 is 11.6 Å². The van der Waals surface area contributed by atoms with Crippen molar-refractivity contribution < 1.29 is 0 Å². The van der Waals surface area contributed by atoms with Gasteiger partial charge >= 0.3 is 0 Å². The second-order valence-corrected chi connectivity index (χ2v) is 5.15. The number of alkyl halides is 1. The first-order valence-electron chi connectivity index (χ1n) is 6.60. The van der Waals surface area contributed by atoms with Crippen molar-refractivity contribution >= 4 is 11.6 Å². The molecule has 17 heavy (non-hydrogen) atoms. The van der Waals surface area contributed by atoms with Crippen LogP contribution in [-0.2, 0) is 19.5 Å². The van der Waals surface area contributed by atoms with Gasteiger partial charge in [0.25, 0.3) is 0 Å². The van der Waals surface area contributed by atoms with Gasteiger partial charge in [0.2, 0.25) is 0 Å². The molecule has 1 aliphatic heterocycles. The van der Waals surface area contributed by atoms with E-state index in [1.165, 1.54) is 24.4 Å². The summed E-state index contributed by atoms with van der Waals surface area (Å²) in [5.41, 5.74) is 2.55. The van der Waals surface area contributed by atoms with E-state index in [1.54, 1.807) is 0 Å². The molecule has 0 radical (unpaired) electrons. The Labute approximate surface area is 109 Å². The Bertz CT molecular complexity index is 362. The highest BCUT2D eigenvalue weighted by molar-refractivity contribution is 6.18. The minimum Gasteiger partial charge on any atom is -0.297 e. The molecule has 2 heterocycles. The van der Waals surface area contributed by atoms with Crippen LogP contribution in [0.1, 0.15) is 31.7 Å². The first kappa shape index (κ1) is 12.9. The van der Waals surface area contributed by atoms with Crippen LogP contribution in [0.5, 0.6) is 0 Å². The Morgan fingerprint density at radius 2 is 2.29 bits per heavy atom. The largest absolute Gasteiger partial charge is 0.297 e. The molecule has 1 saturated heterocycles. The zero-order chi connectivity index (χ0) is 12.3. The normalized spacial score (nSPS) is 21.2. The van der Waals surface area contributed by atoms with Crippen LogP contribution in [0.25, 0.3) is 0 Å². The molecule has 96 valence electrons. The molecule has 1 aromatic rings. The highest BCUT2D eigenvalue weighted by Crippen LogP contribution is 2.20. The second kappa shape index (κ2) is 5.87. The monoisotopic (exact) mass is 255 g/mol.